The van der Waals surface area contributed by atoms with E-state index in [-0.39, 0.29) is 22.2 Å². The number of aromatic hydroxyl groups is 1. The lowest BCUT2D eigenvalue weighted by molar-refractivity contribution is -0.131. The van der Waals surface area contributed by atoms with Crippen LogP contribution < -0.4 is 4.90 Å². The maximum Gasteiger partial charge on any atom is 0.294 e. The maximum atomic E-state index is 14.7. The maximum absolute atomic E-state index is 14.7. The Bertz CT molecular complexity index is 1630. The molecule has 4 aromatic rings. The Morgan fingerprint density at radius 2 is 1.56 bits per heavy atom. The van der Waals surface area contributed by atoms with Gasteiger partial charge >= 0.3 is 0 Å². The molecule has 1 aliphatic rings. The number of phenolic OH excluding ortho intramolecular Hbond substituents is 1. The van der Waals surface area contributed by atoms with Crippen LogP contribution in [0.3, 0.4) is 0 Å². The van der Waals surface area contributed by atoms with E-state index in [2.05, 4.69) is 0 Å². The topological polar surface area (TPSA) is 115 Å². The van der Waals surface area contributed by atoms with E-state index in [1.807, 2.05) is 18.2 Å². The van der Waals surface area contributed by atoms with Crippen molar-refractivity contribution in [2.24, 2.45) is 5.92 Å². The number of hydrogen-bond acceptors (Lipinski definition) is 5. The summed E-state index contributed by atoms with van der Waals surface area (Å²) >= 11 is 0. The highest BCUT2D eigenvalue weighted by atomic mass is 32.2. The summed E-state index contributed by atoms with van der Waals surface area (Å²) < 4.78 is 47.2. The number of halogens is 1. The molecule has 1 aliphatic heterocycles. The number of aliphatic hydroxyl groups is 1. The van der Waals surface area contributed by atoms with E-state index >= 15 is 0 Å². The molecule has 7 nitrogen and oxygen atoms in total. The Labute approximate surface area is 225 Å². The van der Waals surface area contributed by atoms with E-state index in [0.717, 1.165) is 5.56 Å². The summed E-state index contributed by atoms with van der Waals surface area (Å²) in [6.07, 6.45) is -0.181. The smallest absolute Gasteiger partial charge is 0.294 e. The normalized spacial score (nSPS) is 18.0. The minimum absolute atomic E-state index is 0.0942. The van der Waals surface area contributed by atoms with Gasteiger partial charge in [-0.2, -0.15) is 8.42 Å². The molecular weight excluding hydrogens is 521 g/mol. The number of rotatable bonds is 8. The lowest BCUT2D eigenvalue weighted by Crippen LogP contribution is -2.55. The van der Waals surface area contributed by atoms with Crippen molar-refractivity contribution >= 4 is 21.7 Å². The monoisotopic (exact) mass is 547 g/mol. The molecule has 1 fully saturated rings. The minimum Gasteiger partial charge on any atom is -0.508 e. The predicted octanol–water partition coefficient (Wildman–Crippen LogP) is 5.66. The zero-order valence-corrected chi connectivity index (χ0v) is 21.5. The molecule has 200 valence electrons. The van der Waals surface area contributed by atoms with Crippen LogP contribution in [0, 0.1) is 11.7 Å². The van der Waals surface area contributed by atoms with Gasteiger partial charge in [0.2, 0.25) is 5.91 Å². The number of carbonyl (C=O) groups is 1. The van der Waals surface area contributed by atoms with Crippen molar-refractivity contribution in [1.82, 2.24) is 0 Å². The zero-order chi connectivity index (χ0) is 27.7. The fraction of sp³-hybridized carbons (Fsp3) is 0.167. The average Bonchev–Trinajstić information content (AvgIpc) is 2.93. The van der Waals surface area contributed by atoms with Crippen molar-refractivity contribution in [3.8, 4) is 16.9 Å². The molecule has 3 N–H and O–H groups in total. The quantitative estimate of drug-likeness (QED) is 0.194. The number of nitrogens with zero attached hydrogens (tertiary/aromatic N) is 1. The third-order valence-corrected chi connectivity index (χ3v) is 7.93. The SMILES string of the molecule is O=C1[C@H](CC[C@H](O)c2ccccc2)[C@@H](c2ccc(-c3cccc(S(=O)(=O)O)c3)cc2O)N1c1ccccc1F. The molecule has 4 aromatic carbocycles. The number of anilines is 1. The molecule has 0 aromatic heterocycles. The summed E-state index contributed by atoms with van der Waals surface area (Å²) in [7, 11) is -4.41. The molecular formula is C30H26FNO6S. The number of carbonyl (C=O) groups excluding carboxylic acids is 1. The molecule has 5 rings (SSSR count). The number of aliphatic hydroxyl groups excluding tert-OH is 1. The first-order valence-corrected chi connectivity index (χ1v) is 13.8. The van der Waals surface area contributed by atoms with Crippen LogP contribution in [0.25, 0.3) is 11.1 Å². The van der Waals surface area contributed by atoms with Crippen LogP contribution in [0.15, 0.2) is 102 Å². The highest BCUT2D eigenvalue weighted by Gasteiger charge is 2.50. The third-order valence-electron chi connectivity index (χ3n) is 7.08. The summed E-state index contributed by atoms with van der Waals surface area (Å²) in [4.78, 5) is 14.3. The number of β-lactam (4-membered cyclic amide) rings is 1. The van der Waals surface area contributed by atoms with E-state index in [4.69, 9.17) is 0 Å². The fourth-order valence-electron chi connectivity index (χ4n) is 5.09. The van der Waals surface area contributed by atoms with Gasteiger partial charge in [0, 0.05) is 5.56 Å². The molecule has 0 unspecified atom stereocenters. The summed E-state index contributed by atoms with van der Waals surface area (Å²) in [5.41, 5.74) is 2.15. The van der Waals surface area contributed by atoms with Gasteiger partial charge in [-0.05, 0) is 59.9 Å². The van der Waals surface area contributed by atoms with Crippen LogP contribution in [0.2, 0.25) is 0 Å². The molecule has 39 heavy (non-hydrogen) atoms. The van der Waals surface area contributed by atoms with Crippen molar-refractivity contribution in [2.75, 3.05) is 4.90 Å². The third kappa shape index (κ3) is 5.29. The van der Waals surface area contributed by atoms with Crippen LogP contribution in [0.5, 0.6) is 5.75 Å². The minimum atomic E-state index is -4.41. The molecule has 3 atom stereocenters. The van der Waals surface area contributed by atoms with Gasteiger partial charge < -0.3 is 15.1 Å². The summed E-state index contributed by atoms with van der Waals surface area (Å²) in [6, 6.07) is 24.7. The van der Waals surface area contributed by atoms with Crippen molar-refractivity contribution in [3.63, 3.8) is 0 Å². The highest BCUT2D eigenvalue weighted by Crippen LogP contribution is 2.49. The second-order valence-corrected chi connectivity index (χ2v) is 10.9. The van der Waals surface area contributed by atoms with Crippen LogP contribution in [-0.4, -0.2) is 29.1 Å². The number of phenols is 1. The molecule has 1 saturated heterocycles. The van der Waals surface area contributed by atoms with Gasteiger partial charge in [-0.15, -0.1) is 0 Å². The van der Waals surface area contributed by atoms with E-state index < -0.39 is 34.0 Å². The largest absolute Gasteiger partial charge is 0.508 e. The lowest BCUT2D eigenvalue weighted by Gasteiger charge is -2.48. The Hall–Kier alpha value is -4.05. The lowest BCUT2D eigenvalue weighted by atomic mass is 9.77. The van der Waals surface area contributed by atoms with Crippen LogP contribution in [0.4, 0.5) is 10.1 Å². The Kier molecular flexibility index (Phi) is 7.22. The van der Waals surface area contributed by atoms with Crippen LogP contribution in [0.1, 0.15) is 36.1 Å². The first kappa shape index (κ1) is 26.6. The highest BCUT2D eigenvalue weighted by molar-refractivity contribution is 7.85. The number of hydrogen-bond donors (Lipinski definition) is 3. The van der Waals surface area contributed by atoms with Gasteiger partial charge in [-0.3, -0.25) is 9.35 Å². The van der Waals surface area contributed by atoms with E-state index in [9.17, 15) is 32.4 Å². The zero-order valence-electron chi connectivity index (χ0n) is 20.7. The molecule has 0 spiro atoms. The van der Waals surface area contributed by atoms with Crippen molar-refractivity contribution in [3.05, 3.63) is 114 Å². The predicted molar refractivity (Wildman–Crippen MR) is 144 cm³/mol. The first-order chi connectivity index (χ1) is 18.6. The first-order valence-electron chi connectivity index (χ1n) is 12.4. The van der Waals surface area contributed by atoms with Crippen molar-refractivity contribution in [2.45, 2.75) is 29.9 Å². The summed E-state index contributed by atoms with van der Waals surface area (Å²) in [5.74, 6) is -1.65. The van der Waals surface area contributed by atoms with Crippen molar-refractivity contribution in [1.29, 1.82) is 0 Å². The molecule has 0 bridgehead atoms. The van der Waals surface area contributed by atoms with Crippen LogP contribution >= 0.6 is 0 Å². The van der Waals surface area contributed by atoms with Gasteiger partial charge in [0.05, 0.1) is 28.6 Å². The Morgan fingerprint density at radius 3 is 2.26 bits per heavy atom. The molecule has 9 heteroatoms. The van der Waals surface area contributed by atoms with Gasteiger partial charge in [0.25, 0.3) is 10.1 Å². The molecule has 0 aliphatic carbocycles. The summed E-state index contributed by atoms with van der Waals surface area (Å²) in [5, 5.41) is 21.7. The second kappa shape index (κ2) is 10.6. The van der Waals surface area contributed by atoms with Gasteiger partial charge in [-0.1, -0.05) is 66.7 Å². The molecule has 1 heterocycles. The number of para-hydroxylation sites is 1. The Morgan fingerprint density at radius 1 is 0.872 bits per heavy atom. The van der Waals surface area contributed by atoms with Gasteiger partial charge in [0.1, 0.15) is 11.6 Å². The van der Waals surface area contributed by atoms with E-state index in [1.54, 1.807) is 36.4 Å². The number of benzene rings is 4. The van der Waals surface area contributed by atoms with Gasteiger partial charge in [-0.25, -0.2) is 4.39 Å². The molecule has 1 amide bonds. The van der Waals surface area contributed by atoms with E-state index in [1.165, 1.54) is 47.4 Å². The summed E-state index contributed by atoms with van der Waals surface area (Å²) in [6.45, 7) is 0. The average molecular weight is 548 g/mol. The van der Waals surface area contributed by atoms with Crippen LogP contribution in [-0.2, 0) is 14.9 Å². The molecule has 0 radical (unpaired) electrons. The van der Waals surface area contributed by atoms with E-state index in [0.29, 0.717) is 29.5 Å². The second-order valence-electron chi connectivity index (χ2n) is 9.49. The fourth-order valence-corrected chi connectivity index (χ4v) is 5.62. The van der Waals surface area contributed by atoms with Crippen molar-refractivity contribution < 1.29 is 32.4 Å². The van der Waals surface area contributed by atoms with Gasteiger partial charge in [0.15, 0.2) is 0 Å². The standard InChI is InChI=1S/C30H26FNO6S/c31-25-11-4-5-12-26(25)32-29(24(30(32)35)15-16-27(33)19-7-2-1-3-8-19)23-14-13-21(18-28(23)34)20-9-6-10-22(17-20)39(36,37)38/h1-14,17-18,24,27,29,33-34H,15-16H2,(H,36,37,38)/t24-,27+,29-/m1/s1. The molecule has 0 saturated carbocycles. The number of amides is 1. The Balaban J connectivity index is 1.47.